The highest BCUT2D eigenvalue weighted by molar-refractivity contribution is 5.82. The Kier molecular flexibility index (Phi) is 6.17. The Morgan fingerprint density at radius 3 is 2.56 bits per heavy atom. The lowest BCUT2D eigenvalue weighted by Crippen LogP contribution is -2.29. The molecule has 1 atom stereocenters. The van der Waals surface area contributed by atoms with Crippen molar-refractivity contribution in [2.45, 2.75) is 33.6 Å². The maximum Gasteiger partial charge on any atom is 0.330 e. The average Bonchev–Trinajstić information content (AvgIpc) is 2.28. The minimum Gasteiger partial charge on any atom is -0.465 e. The first-order valence-corrected chi connectivity index (χ1v) is 5.44. The zero-order valence-corrected chi connectivity index (χ0v) is 10.2. The molecule has 0 spiro atoms. The Hall–Kier alpha value is -1.56. The highest BCUT2D eigenvalue weighted by Crippen LogP contribution is 2.28. The third-order valence-corrected chi connectivity index (χ3v) is 2.36. The van der Waals surface area contributed by atoms with Gasteiger partial charge in [-0.2, -0.15) is 5.26 Å². The van der Waals surface area contributed by atoms with Gasteiger partial charge in [-0.1, -0.05) is 24.6 Å². The van der Waals surface area contributed by atoms with E-state index in [2.05, 4.69) is 6.58 Å². The monoisotopic (exact) mass is 221 g/mol. The Morgan fingerprint density at radius 1 is 1.56 bits per heavy atom. The summed E-state index contributed by atoms with van der Waals surface area (Å²) in [5.41, 5.74) is -0.214. The molecular weight excluding hydrogens is 202 g/mol. The first-order valence-electron chi connectivity index (χ1n) is 5.44. The molecule has 0 aromatic rings. The summed E-state index contributed by atoms with van der Waals surface area (Å²) in [7, 11) is 0. The molecule has 1 unspecified atom stereocenters. The molecule has 0 heterocycles. The first-order chi connectivity index (χ1) is 7.56. The average molecular weight is 221 g/mol. The van der Waals surface area contributed by atoms with E-state index in [1.54, 1.807) is 19.1 Å². The zero-order valence-electron chi connectivity index (χ0n) is 10.2. The van der Waals surface area contributed by atoms with Crippen molar-refractivity contribution in [3.05, 3.63) is 24.3 Å². The van der Waals surface area contributed by atoms with Crippen LogP contribution in [0.15, 0.2) is 24.3 Å². The van der Waals surface area contributed by atoms with Crippen molar-refractivity contribution in [2.24, 2.45) is 5.41 Å². The molecule has 0 radical (unpaired) electrons. The minimum atomic E-state index is -1.21. The molecule has 0 aliphatic heterocycles. The molecule has 0 amide bonds. The predicted molar refractivity (Wildman–Crippen MR) is 63.5 cm³/mol. The van der Waals surface area contributed by atoms with Crippen molar-refractivity contribution >= 4 is 5.97 Å². The molecule has 3 nitrogen and oxygen atoms in total. The summed E-state index contributed by atoms with van der Waals surface area (Å²) in [6, 6.07) is 2.04. The van der Waals surface area contributed by atoms with E-state index in [1.165, 1.54) is 0 Å². The number of hydrogen-bond acceptors (Lipinski definition) is 3. The second-order valence-corrected chi connectivity index (χ2v) is 3.64. The van der Waals surface area contributed by atoms with Gasteiger partial charge in [-0.05, 0) is 26.7 Å². The second kappa shape index (κ2) is 6.84. The van der Waals surface area contributed by atoms with Crippen molar-refractivity contribution in [1.82, 2.24) is 0 Å². The van der Waals surface area contributed by atoms with E-state index < -0.39 is 11.4 Å². The molecule has 0 saturated carbocycles. The molecule has 16 heavy (non-hydrogen) atoms. The van der Waals surface area contributed by atoms with Gasteiger partial charge in [-0.15, -0.1) is 6.58 Å². The number of hydrogen-bond donors (Lipinski definition) is 0. The number of esters is 1. The van der Waals surface area contributed by atoms with Crippen LogP contribution in [0.2, 0.25) is 0 Å². The number of carbonyl (C=O) groups is 1. The largest absolute Gasteiger partial charge is 0.465 e. The summed E-state index contributed by atoms with van der Waals surface area (Å²) in [6.45, 7) is 9.46. The van der Waals surface area contributed by atoms with Crippen molar-refractivity contribution in [2.75, 3.05) is 6.61 Å². The quantitative estimate of drug-likeness (QED) is 0.511. The van der Waals surface area contributed by atoms with Gasteiger partial charge < -0.3 is 4.74 Å². The molecule has 0 aliphatic rings. The van der Waals surface area contributed by atoms with E-state index in [0.29, 0.717) is 0 Å². The molecule has 0 saturated heterocycles. The van der Waals surface area contributed by atoms with Crippen LogP contribution in [-0.4, -0.2) is 12.6 Å². The van der Waals surface area contributed by atoms with Crippen LogP contribution in [0.5, 0.6) is 0 Å². The van der Waals surface area contributed by atoms with Crippen LogP contribution in [0.3, 0.4) is 0 Å². The molecule has 0 aromatic heterocycles. The van der Waals surface area contributed by atoms with Crippen LogP contribution < -0.4 is 0 Å². The summed E-state index contributed by atoms with van der Waals surface area (Å²) in [6.07, 6.45) is 4.34. The summed E-state index contributed by atoms with van der Waals surface area (Å²) < 4.78 is 4.94. The number of rotatable bonds is 6. The maximum atomic E-state index is 11.8. The van der Waals surface area contributed by atoms with Crippen molar-refractivity contribution in [3.63, 3.8) is 0 Å². The highest BCUT2D eigenvalue weighted by Gasteiger charge is 2.36. The third-order valence-electron chi connectivity index (χ3n) is 2.36. The Bertz CT molecular complexity index is 325. The van der Waals surface area contributed by atoms with E-state index in [1.807, 2.05) is 19.9 Å². The molecule has 0 aliphatic carbocycles. The van der Waals surface area contributed by atoms with Crippen molar-refractivity contribution in [1.29, 1.82) is 5.26 Å². The van der Waals surface area contributed by atoms with Crippen LogP contribution in [-0.2, 0) is 9.53 Å². The fourth-order valence-electron chi connectivity index (χ4n) is 1.33. The highest BCUT2D eigenvalue weighted by atomic mass is 16.5. The SMILES string of the molecule is C=CCC(C#N)(/C=C(\C)CC)C(=O)OCC. The van der Waals surface area contributed by atoms with E-state index in [9.17, 15) is 10.1 Å². The summed E-state index contributed by atoms with van der Waals surface area (Å²) in [4.78, 5) is 11.8. The lowest BCUT2D eigenvalue weighted by atomic mass is 9.84. The molecule has 0 N–H and O–H groups in total. The minimum absolute atomic E-state index is 0.276. The fraction of sp³-hybridized carbons (Fsp3) is 0.538. The van der Waals surface area contributed by atoms with Gasteiger partial charge in [0.15, 0.2) is 5.41 Å². The zero-order chi connectivity index (χ0) is 12.6. The third kappa shape index (κ3) is 3.54. The van der Waals surface area contributed by atoms with E-state index in [4.69, 9.17) is 4.74 Å². The fourth-order valence-corrected chi connectivity index (χ4v) is 1.33. The Labute approximate surface area is 97.4 Å². The lowest BCUT2D eigenvalue weighted by molar-refractivity contribution is -0.149. The van der Waals surface area contributed by atoms with Crippen LogP contribution >= 0.6 is 0 Å². The van der Waals surface area contributed by atoms with Crippen LogP contribution in [0, 0.1) is 16.7 Å². The van der Waals surface area contributed by atoms with Gasteiger partial charge in [0, 0.05) is 0 Å². The van der Waals surface area contributed by atoms with Gasteiger partial charge in [0.1, 0.15) is 0 Å². The summed E-state index contributed by atoms with van der Waals surface area (Å²) in [5, 5.41) is 9.21. The standard InChI is InChI=1S/C13H19NO2/c1-5-8-13(10-14,9-11(4)6-2)12(15)16-7-3/h5,9H,1,6-8H2,2-4H3/b11-9+. The van der Waals surface area contributed by atoms with Crippen molar-refractivity contribution < 1.29 is 9.53 Å². The van der Waals surface area contributed by atoms with E-state index in [0.717, 1.165) is 12.0 Å². The Morgan fingerprint density at radius 2 is 2.19 bits per heavy atom. The van der Waals surface area contributed by atoms with Crippen LogP contribution in [0.25, 0.3) is 0 Å². The molecule has 0 aromatic carbocycles. The van der Waals surface area contributed by atoms with Crippen LogP contribution in [0.1, 0.15) is 33.6 Å². The predicted octanol–water partition coefficient (Wildman–Crippen LogP) is 2.99. The molecule has 3 heteroatoms. The molecule has 88 valence electrons. The molecule has 0 bridgehead atoms. The van der Waals surface area contributed by atoms with E-state index in [-0.39, 0.29) is 13.0 Å². The number of ether oxygens (including phenoxy) is 1. The van der Waals surface area contributed by atoms with E-state index >= 15 is 0 Å². The summed E-state index contributed by atoms with van der Waals surface area (Å²) >= 11 is 0. The number of nitriles is 1. The smallest absolute Gasteiger partial charge is 0.330 e. The normalized spacial score (nSPS) is 14.8. The second-order valence-electron chi connectivity index (χ2n) is 3.64. The maximum absolute atomic E-state index is 11.8. The topological polar surface area (TPSA) is 50.1 Å². The van der Waals surface area contributed by atoms with Crippen LogP contribution in [0.4, 0.5) is 0 Å². The molecular formula is C13H19NO2. The number of nitrogens with zero attached hydrogens (tertiary/aromatic N) is 1. The molecule has 0 rings (SSSR count). The van der Waals surface area contributed by atoms with Gasteiger partial charge in [-0.25, -0.2) is 4.79 Å². The number of allylic oxidation sites excluding steroid dienone is 2. The van der Waals surface area contributed by atoms with Crippen molar-refractivity contribution in [3.8, 4) is 6.07 Å². The van der Waals surface area contributed by atoms with Gasteiger partial charge in [0.25, 0.3) is 0 Å². The van der Waals surface area contributed by atoms with Gasteiger partial charge in [0.05, 0.1) is 12.7 Å². The lowest BCUT2D eigenvalue weighted by Gasteiger charge is -2.20. The summed E-state index contributed by atoms with van der Waals surface area (Å²) in [5.74, 6) is -0.495. The van der Waals surface area contributed by atoms with Gasteiger partial charge in [0.2, 0.25) is 0 Å². The van der Waals surface area contributed by atoms with Gasteiger partial charge >= 0.3 is 5.97 Å². The number of carbonyl (C=O) groups excluding carboxylic acids is 1. The molecule has 0 fully saturated rings. The first kappa shape index (κ1) is 14.4. The Balaban J connectivity index is 5.24. The van der Waals surface area contributed by atoms with Gasteiger partial charge in [-0.3, -0.25) is 0 Å².